The van der Waals surface area contributed by atoms with Gasteiger partial charge >= 0.3 is 0 Å². The quantitative estimate of drug-likeness (QED) is 0.419. The van der Waals surface area contributed by atoms with Gasteiger partial charge in [0.15, 0.2) is 0 Å². The van der Waals surface area contributed by atoms with Crippen molar-refractivity contribution in [2.75, 3.05) is 0 Å². The maximum atomic E-state index is 4.08. The molecule has 0 bridgehead atoms. The summed E-state index contributed by atoms with van der Waals surface area (Å²) >= 11 is 0. The third-order valence-corrected chi connectivity index (χ3v) is 0.902. The fraction of sp³-hybridized carbons (Fsp3) is 0.444. The van der Waals surface area contributed by atoms with Gasteiger partial charge in [0, 0.05) is 11.9 Å². The topological polar surface area (TPSA) is 12.4 Å². The van der Waals surface area contributed by atoms with Crippen LogP contribution in [0.15, 0.2) is 29.4 Å². The molecule has 0 aliphatic heterocycles. The summed E-state index contributed by atoms with van der Waals surface area (Å²) in [5.74, 6) is 0. The van der Waals surface area contributed by atoms with Crippen LogP contribution in [-0.4, -0.2) is 5.71 Å². The van der Waals surface area contributed by atoms with E-state index in [1.165, 1.54) is 0 Å². The molecular formula is C9H15N. The van der Waals surface area contributed by atoms with E-state index in [-0.39, 0.29) is 0 Å². The first kappa shape index (κ1) is 9.15. The molecule has 0 fully saturated rings. The van der Waals surface area contributed by atoms with Gasteiger partial charge in [-0.25, -0.2) is 0 Å². The van der Waals surface area contributed by atoms with Gasteiger partial charge in [-0.1, -0.05) is 19.1 Å². The number of hydrogen-bond donors (Lipinski definition) is 0. The molecule has 0 rings (SSSR count). The summed E-state index contributed by atoms with van der Waals surface area (Å²) in [5.41, 5.74) is 1.08. The summed E-state index contributed by atoms with van der Waals surface area (Å²) < 4.78 is 0. The van der Waals surface area contributed by atoms with E-state index in [1.807, 2.05) is 32.2 Å². The third-order valence-electron chi connectivity index (χ3n) is 0.902. The van der Waals surface area contributed by atoms with Crippen LogP contribution >= 0.6 is 0 Å². The fourth-order valence-electron chi connectivity index (χ4n) is 0.456. The zero-order valence-electron chi connectivity index (χ0n) is 6.96. The minimum atomic E-state index is 1.08. The Morgan fingerprint density at radius 1 is 1.30 bits per heavy atom. The summed E-state index contributed by atoms with van der Waals surface area (Å²) in [6, 6.07) is 0. The number of hydrogen-bond acceptors (Lipinski definition) is 1. The van der Waals surface area contributed by atoms with Gasteiger partial charge < -0.3 is 0 Å². The highest BCUT2D eigenvalue weighted by atomic mass is 14.7. The number of allylic oxidation sites excluding steroid dienone is 3. The fourth-order valence-corrected chi connectivity index (χ4v) is 0.456. The Balaban J connectivity index is 3.57. The van der Waals surface area contributed by atoms with Crippen LogP contribution in [0.25, 0.3) is 0 Å². The van der Waals surface area contributed by atoms with Gasteiger partial charge in [-0.3, -0.25) is 4.99 Å². The Kier molecular flexibility index (Phi) is 5.74. The Morgan fingerprint density at radius 2 is 2.00 bits per heavy atom. The van der Waals surface area contributed by atoms with Crippen LogP contribution in [0.2, 0.25) is 0 Å². The summed E-state index contributed by atoms with van der Waals surface area (Å²) in [6.45, 7) is 6.07. The molecule has 0 unspecified atom stereocenters. The van der Waals surface area contributed by atoms with Crippen molar-refractivity contribution in [2.45, 2.75) is 27.2 Å². The molecule has 0 heterocycles. The van der Waals surface area contributed by atoms with Crippen molar-refractivity contribution in [2.24, 2.45) is 4.99 Å². The summed E-state index contributed by atoms with van der Waals surface area (Å²) in [7, 11) is 0. The molecule has 0 N–H and O–H groups in total. The molecule has 0 saturated heterocycles. The second kappa shape index (κ2) is 6.27. The molecule has 0 radical (unpaired) electrons. The van der Waals surface area contributed by atoms with Gasteiger partial charge in [-0.15, -0.1) is 0 Å². The van der Waals surface area contributed by atoms with Crippen molar-refractivity contribution in [1.82, 2.24) is 0 Å². The number of aliphatic imine (C=N–C) groups is 1. The molecule has 56 valence electrons. The van der Waals surface area contributed by atoms with Gasteiger partial charge in [0.2, 0.25) is 0 Å². The molecule has 0 aromatic rings. The van der Waals surface area contributed by atoms with Crippen LogP contribution < -0.4 is 0 Å². The highest BCUT2D eigenvalue weighted by Gasteiger charge is 1.68. The average molecular weight is 137 g/mol. The standard InChI is InChI=1S/C9H15N/c1-4-5-6-7-8-10-9(2)3/h5-8H,4H2,1-3H3/b6-5+,8-7-. The van der Waals surface area contributed by atoms with Gasteiger partial charge in [0.25, 0.3) is 0 Å². The van der Waals surface area contributed by atoms with Crippen LogP contribution in [0.3, 0.4) is 0 Å². The largest absolute Gasteiger partial charge is 0.266 e. The van der Waals surface area contributed by atoms with Crippen molar-refractivity contribution in [3.05, 3.63) is 24.4 Å². The lowest BCUT2D eigenvalue weighted by Crippen LogP contribution is -1.74. The van der Waals surface area contributed by atoms with Crippen LogP contribution in [0.4, 0.5) is 0 Å². The first-order valence-electron chi connectivity index (χ1n) is 3.60. The van der Waals surface area contributed by atoms with Crippen LogP contribution in [0, 0.1) is 0 Å². The van der Waals surface area contributed by atoms with Gasteiger partial charge in [0.05, 0.1) is 0 Å². The minimum Gasteiger partial charge on any atom is -0.266 e. The van der Waals surface area contributed by atoms with E-state index >= 15 is 0 Å². The predicted molar refractivity (Wildman–Crippen MR) is 47.4 cm³/mol. The smallest absolute Gasteiger partial charge is 0.0266 e. The Morgan fingerprint density at radius 3 is 2.50 bits per heavy atom. The summed E-state index contributed by atoms with van der Waals surface area (Å²) in [5, 5.41) is 0. The second-order valence-corrected chi connectivity index (χ2v) is 2.25. The molecule has 0 aromatic carbocycles. The zero-order chi connectivity index (χ0) is 7.82. The molecule has 1 heteroatoms. The molecule has 0 saturated carbocycles. The van der Waals surface area contributed by atoms with Crippen LogP contribution in [0.5, 0.6) is 0 Å². The molecule has 0 aliphatic rings. The van der Waals surface area contributed by atoms with Crippen molar-refractivity contribution >= 4 is 5.71 Å². The Labute approximate surface area is 63.2 Å². The van der Waals surface area contributed by atoms with Crippen molar-refractivity contribution in [3.63, 3.8) is 0 Å². The van der Waals surface area contributed by atoms with Crippen molar-refractivity contribution in [3.8, 4) is 0 Å². The molecular weight excluding hydrogens is 122 g/mol. The molecule has 0 aliphatic carbocycles. The van der Waals surface area contributed by atoms with E-state index in [4.69, 9.17) is 0 Å². The highest BCUT2D eigenvalue weighted by Crippen LogP contribution is 1.83. The molecule has 0 amide bonds. The zero-order valence-corrected chi connectivity index (χ0v) is 6.96. The van der Waals surface area contributed by atoms with Crippen molar-refractivity contribution in [1.29, 1.82) is 0 Å². The van der Waals surface area contributed by atoms with Gasteiger partial charge in [-0.2, -0.15) is 0 Å². The lowest BCUT2D eigenvalue weighted by Gasteiger charge is -1.80. The lowest BCUT2D eigenvalue weighted by molar-refractivity contribution is 1.22. The van der Waals surface area contributed by atoms with E-state index in [0.29, 0.717) is 0 Å². The van der Waals surface area contributed by atoms with Gasteiger partial charge in [0.1, 0.15) is 0 Å². The SMILES string of the molecule is CC/C=C/C=C\N=C(C)C. The normalized spacial score (nSPS) is 11.1. The molecule has 10 heavy (non-hydrogen) atoms. The maximum absolute atomic E-state index is 4.08. The predicted octanol–water partition coefficient (Wildman–Crippen LogP) is 2.95. The van der Waals surface area contributed by atoms with E-state index < -0.39 is 0 Å². The monoisotopic (exact) mass is 137 g/mol. The first-order valence-corrected chi connectivity index (χ1v) is 3.60. The van der Waals surface area contributed by atoms with E-state index in [1.54, 1.807) is 0 Å². The minimum absolute atomic E-state index is 1.08. The van der Waals surface area contributed by atoms with Crippen molar-refractivity contribution < 1.29 is 0 Å². The van der Waals surface area contributed by atoms with E-state index in [2.05, 4.69) is 18.0 Å². The maximum Gasteiger partial charge on any atom is 0.0266 e. The Bertz CT molecular complexity index is 148. The van der Waals surface area contributed by atoms with Crippen LogP contribution in [0.1, 0.15) is 27.2 Å². The number of nitrogens with zero attached hydrogens (tertiary/aromatic N) is 1. The highest BCUT2D eigenvalue weighted by molar-refractivity contribution is 5.79. The van der Waals surface area contributed by atoms with Crippen LogP contribution in [-0.2, 0) is 0 Å². The summed E-state index contributed by atoms with van der Waals surface area (Å²) in [4.78, 5) is 4.08. The molecule has 0 atom stereocenters. The first-order chi connectivity index (χ1) is 4.77. The number of rotatable bonds is 3. The average Bonchev–Trinajstić information content (AvgIpc) is 1.87. The Hall–Kier alpha value is -0.850. The lowest BCUT2D eigenvalue weighted by atomic mass is 10.4. The third kappa shape index (κ3) is 7.15. The summed E-state index contributed by atoms with van der Waals surface area (Å²) in [6.07, 6.45) is 8.93. The second-order valence-electron chi connectivity index (χ2n) is 2.25. The van der Waals surface area contributed by atoms with Gasteiger partial charge in [-0.05, 0) is 26.3 Å². The van der Waals surface area contributed by atoms with E-state index in [9.17, 15) is 0 Å². The van der Waals surface area contributed by atoms with E-state index in [0.717, 1.165) is 12.1 Å². The molecule has 0 spiro atoms. The molecule has 0 aromatic heterocycles. The molecule has 1 nitrogen and oxygen atoms in total.